The summed E-state index contributed by atoms with van der Waals surface area (Å²) < 4.78 is 18.1. The van der Waals surface area contributed by atoms with Crippen molar-refractivity contribution in [3.05, 3.63) is 71.4 Å². The van der Waals surface area contributed by atoms with Crippen LogP contribution < -0.4 is 9.47 Å². The van der Waals surface area contributed by atoms with Gasteiger partial charge in [-0.25, -0.2) is 9.48 Å². The summed E-state index contributed by atoms with van der Waals surface area (Å²) in [4.78, 5) is 16.9. The van der Waals surface area contributed by atoms with Gasteiger partial charge in [0, 0.05) is 7.05 Å². The number of oxime groups is 1. The van der Waals surface area contributed by atoms with Crippen LogP contribution >= 0.6 is 0 Å². The smallest absolute Gasteiger partial charge is 0.338 e. The Hall–Kier alpha value is -3.81. The number of rotatable bonds is 10. The largest absolute Gasteiger partial charge is 0.490 e. The van der Waals surface area contributed by atoms with E-state index in [0.717, 1.165) is 11.3 Å². The molecule has 0 atom stereocenters. The molecule has 2 aromatic carbocycles. The van der Waals surface area contributed by atoms with Crippen LogP contribution in [-0.2, 0) is 16.6 Å². The highest BCUT2D eigenvalue weighted by atomic mass is 16.6. The molecule has 0 aliphatic rings. The van der Waals surface area contributed by atoms with E-state index in [1.807, 2.05) is 44.3 Å². The van der Waals surface area contributed by atoms with Gasteiger partial charge < -0.3 is 19.0 Å². The molecule has 0 aliphatic carbocycles. The van der Waals surface area contributed by atoms with Gasteiger partial charge in [-0.1, -0.05) is 23.4 Å². The fourth-order valence-corrected chi connectivity index (χ4v) is 2.76. The van der Waals surface area contributed by atoms with E-state index < -0.39 is 0 Å². The van der Waals surface area contributed by atoms with Crippen LogP contribution in [0, 0.1) is 6.92 Å². The van der Waals surface area contributed by atoms with Crippen LogP contribution in [0.2, 0.25) is 0 Å². The highest BCUT2D eigenvalue weighted by Gasteiger charge is 2.14. The maximum absolute atomic E-state index is 11.6. The Labute approximate surface area is 181 Å². The number of nitrogens with zero attached hydrogens (tertiary/aromatic N) is 3. The second-order valence-corrected chi connectivity index (χ2v) is 6.50. The number of aryl methyl sites for hydroxylation is 2. The SMILES string of the molecule is CCOC(=O)c1ccc(OCCO/N=C/c2c(C)nn(C)c2Oc2ccccc2)cc1. The van der Waals surface area contributed by atoms with Crippen LogP contribution in [0.4, 0.5) is 0 Å². The van der Waals surface area contributed by atoms with Gasteiger partial charge in [-0.05, 0) is 50.2 Å². The van der Waals surface area contributed by atoms with Crippen molar-refractivity contribution in [2.75, 3.05) is 19.8 Å². The lowest BCUT2D eigenvalue weighted by atomic mass is 10.2. The molecule has 1 aromatic heterocycles. The van der Waals surface area contributed by atoms with Crippen LogP contribution in [0.1, 0.15) is 28.5 Å². The Morgan fingerprint density at radius 2 is 1.81 bits per heavy atom. The van der Waals surface area contributed by atoms with Crippen LogP contribution in [-0.4, -0.2) is 41.8 Å². The Morgan fingerprint density at radius 3 is 2.52 bits per heavy atom. The summed E-state index contributed by atoms with van der Waals surface area (Å²) in [5.41, 5.74) is 2.00. The van der Waals surface area contributed by atoms with E-state index in [0.29, 0.717) is 36.2 Å². The molecule has 0 spiro atoms. The Kier molecular flexibility index (Phi) is 7.64. The predicted octanol–water partition coefficient (Wildman–Crippen LogP) is 4.13. The zero-order chi connectivity index (χ0) is 22.1. The molecule has 0 bridgehead atoms. The zero-order valence-corrected chi connectivity index (χ0v) is 17.8. The molecule has 1 heterocycles. The van der Waals surface area contributed by atoms with Crippen molar-refractivity contribution in [1.82, 2.24) is 9.78 Å². The highest BCUT2D eigenvalue weighted by Crippen LogP contribution is 2.25. The summed E-state index contributed by atoms with van der Waals surface area (Å²) in [7, 11) is 1.81. The lowest BCUT2D eigenvalue weighted by molar-refractivity contribution is 0.0526. The lowest BCUT2D eigenvalue weighted by Crippen LogP contribution is -2.06. The van der Waals surface area contributed by atoms with E-state index in [2.05, 4.69) is 10.3 Å². The monoisotopic (exact) mass is 423 g/mol. The van der Waals surface area contributed by atoms with Crippen molar-refractivity contribution in [3.63, 3.8) is 0 Å². The molecule has 3 rings (SSSR count). The minimum absolute atomic E-state index is 0.254. The van der Waals surface area contributed by atoms with Crippen molar-refractivity contribution in [2.24, 2.45) is 12.2 Å². The van der Waals surface area contributed by atoms with Gasteiger partial charge in [0.25, 0.3) is 0 Å². The van der Waals surface area contributed by atoms with Gasteiger partial charge in [0.1, 0.15) is 18.1 Å². The molecule has 8 heteroatoms. The molecule has 0 saturated carbocycles. The third kappa shape index (κ3) is 6.08. The first-order valence-electron chi connectivity index (χ1n) is 9.90. The molecule has 0 radical (unpaired) electrons. The summed E-state index contributed by atoms with van der Waals surface area (Å²) in [6, 6.07) is 16.2. The molecule has 0 fully saturated rings. The van der Waals surface area contributed by atoms with Crippen LogP contribution in [0.15, 0.2) is 59.8 Å². The molecule has 0 unspecified atom stereocenters. The van der Waals surface area contributed by atoms with Gasteiger partial charge in [0.2, 0.25) is 5.88 Å². The minimum atomic E-state index is -0.354. The number of hydrogen-bond acceptors (Lipinski definition) is 7. The van der Waals surface area contributed by atoms with Crippen molar-refractivity contribution in [3.8, 4) is 17.4 Å². The first-order valence-corrected chi connectivity index (χ1v) is 9.90. The van der Waals surface area contributed by atoms with Gasteiger partial charge in [0.15, 0.2) is 6.61 Å². The number of para-hydroxylation sites is 1. The number of ether oxygens (including phenoxy) is 3. The van der Waals surface area contributed by atoms with E-state index in [1.54, 1.807) is 42.1 Å². The van der Waals surface area contributed by atoms with Crippen LogP contribution in [0.3, 0.4) is 0 Å². The Balaban J connectivity index is 1.49. The fraction of sp³-hybridized carbons (Fsp3) is 0.261. The molecule has 0 saturated heterocycles. The topological polar surface area (TPSA) is 84.2 Å². The Morgan fingerprint density at radius 1 is 1.06 bits per heavy atom. The molecule has 31 heavy (non-hydrogen) atoms. The number of carbonyl (C=O) groups excluding carboxylic acids is 1. The first kappa shape index (κ1) is 21.9. The number of carbonyl (C=O) groups is 1. The second kappa shape index (κ2) is 10.8. The number of benzene rings is 2. The van der Waals surface area contributed by atoms with Gasteiger partial charge >= 0.3 is 5.97 Å². The molecule has 0 aliphatic heterocycles. The van der Waals surface area contributed by atoms with E-state index in [1.165, 1.54) is 0 Å². The molecular formula is C23H25N3O5. The van der Waals surface area contributed by atoms with Crippen molar-refractivity contribution in [2.45, 2.75) is 13.8 Å². The standard InChI is InChI=1S/C23H25N3O5/c1-4-28-23(27)18-10-12-19(13-11-18)29-14-15-30-24-16-21-17(2)25-26(3)22(21)31-20-8-6-5-7-9-20/h5-13,16H,4,14-15H2,1-3H3/b24-16+. The highest BCUT2D eigenvalue weighted by molar-refractivity contribution is 5.89. The Bertz CT molecular complexity index is 1010. The van der Waals surface area contributed by atoms with Crippen molar-refractivity contribution < 1.29 is 23.8 Å². The van der Waals surface area contributed by atoms with Gasteiger partial charge in [0.05, 0.1) is 29.6 Å². The predicted molar refractivity (Wildman–Crippen MR) is 116 cm³/mol. The quantitative estimate of drug-likeness (QED) is 0.211. The summed E-state index contributed by atoms with van der Waals surface area (Å²) in [6.45, 7) is 4.54. The molecular weight excluding hydrogens is 398 g/mol. The third-order valence-corrected chi connectivity index (χ3v) is 4.24. The number of esters is 1. The normalized spacial score (nSPS) is 10.8. The third-order valence-electron chi connectivity index (χ3n) is 4.24. The summed E-state index contributed by atoms with van der Waals surface area (Å²) >= 11 is 0. The molecule has 0 amide bonds. The maximum atomic E-state index is 11.6. The average molecular weight is 423 g/mol. The average Bonchev–Trinajstić information content (AvgIpc) is 3.04. The maximum Gasteiger partial charge on any atom is 0.338 e. The first-order chi connectivity index (χ1) is 15.1. The zero-order valence-electron chi connectivity index (χ0n) is 17.8. The van der Waals surface area contributed by atoms with Crippen LogP contribution in [0.5, 0.6) is 17.4 Å². The second-order valence-electron chi connectivity index (χ2n) is 6.50. The summed E-state index contributed by atoms with van der Waals surface area (Å²) in [5.74, 6) is 1.56. The summed E-state index contributed by atoms with van der Waals surface area (Å²) in [6.07, 6.45) is 1.58. The van der Waals surface area contributed by atoms with E-state index in [-0.39, 0.29) is 12.6 Å². The van der Waals surface area contributed by atoms with E-state index in [9.17, 15) is 4.79 Å². The van der Waals surface area contributed by atoms with Crippen molar-refractivity contribution in [1.29, 1.82) is 0 Å². The molecule has 8 nitrogen and oxygen atoms in total. The molecule has 0 N–H and O–H groups in total. The number of aromatic nitrogens is 2. The van der Waals surface area contributed by atoms with Gasteiger partial charge in [-0.3, -0.25) is 0 Å². The summed E-state index contributed by atoms with van der Waals surface area (Å²) in [5, 5.41) is 8.39. The van der Waals surface area contributed by atoms with Crippen LogP contribution in [0.25, 0.3) is 0 Å². The van der Waals surface area contributed by atoms with Crippen molar-refractivity contribution >= 4 is 12.2 Å². The van der Waals surface area contributed by atoms with Gasteiger partial charge in [-0.2, -0.15) is 5.10 Å². The fourth-order valence-electron chi connectivity index (χ4n) is 2.76. The molecule has 3 aromatic rings. The van der Waals surface area contributed by atoms with E-state index >= 15 is 0 Å². The minimum Gasteiger partial charge on any atom is -0.490 e. The van der Waals surface area contributed by atoms with Gasteiger partial charge in [-0.15, -0.1) is 0 Å². The lowest BCUT2D eigenvalue weighted by Gasteiger charge is -2.07. The molecule has 162 valence electrons. The van der Waals surface area contributed by atoms with E-state index in [4.69, 9.17) is 19.0 Å². The number of hydrogen-bond donors (Lipinski definition) is 0.